The minimum Gasteiger partial charge on any atom is -0.244 e. The lowest BCUT2D eigenvalue weighted by molar-refractivity contribution is 0.0527. The molecule has 1 saturated carbocycles. The van der Waals surface area contributed by atoms with Crippen molar-refractivity contribution in [1.82, 2.24) is 0 Å². The first-order valence-corrected chi connectivity index (χ1v) is 4.74. The summed E-state index contributed by atoms with van der Waals surface area (Å²) in [4.78, 5) is 0. The molecule has 0 spiro atoms. The summed E-state index contributed by atoms with van der Waals surface area (Å²) >= 11 is 0. The van der Waals surface area contributed by atoms with Gasteiger partial charge in [-0.3, -0.25) is 0 Å². The second kappa shape index (κ2) is 3.12. The summed E-state index contributed by atoms with van der Waals surface area (Å²) < 4.78 is 13.9. The van der Waals surface area contributed by atoms with Crippen molar-refractivity contribution in [3.05, 3.63) is 0 Å². The zero-order valence-corrected chi connectivity index (χ0v) is 7.86. The highest BCUT2D eigenvalue weighted by molar-refractivity contribution is 4.88. The molecule has 0 aliphatic heterocycles. The van der Waals surface area contributed by atoms with Gasteiger partial charge in [-0.05, 0) is 31.6 Å². The molecule has 0 radical (unpaired) electrons. The third-order valence-electron chi connectivity index (χ3n) is 3.28. The van der Waals surface area contributed by atoms with Crippen molar-refractivity contribution in [3.63, 3.8) is 0 Å². The zero-order valence-electron chi connectivity index (χ0n) is 7.86. The maximum Gasteiger partial charge on any atom is 0.113 e. The SMILES string of the molecule is CC(C)C(C)(F)C1CCCC1. The predicted octanol–water partition coefficient (Wildman–Crippen LogP) is 3.56. The first-order chi connectivity index (χ1) is 5.05. The molecule has 0 saturated heterocycles. The van der Waals surface area contributed by atoms with Gasteiger partial charge in [-0.1, -0.05) is 26.7 Å². The molecule has 1 aliphatic rings. The third-order valence-corrected chi connectivity index (χ3v) is 3.28. The van der Waals surface area contributed by atoms with E-state index in [4.69, 9.17) is 0 Å². The summed E-state index contributed by atoms with van der Waals surface area (Å²) in [6.45, 7) is 5.74. The van der Waals surface area contributed by atoms with Gasteiger partial charge in [-0.25, -0.2) is 4.39 Å². The highest BCUT2D eigenvalue weighted by Crippen LogP contribution is 2.40. The van der Waals surface area contributed by atoms with Crippen molar-refractivity contribution in [1.29, 1.82) is 0 Å². The largest absolute Gasteiger partial charge is 0.244 e. The fourth-order valence-electron chi connectivity index (χ4n) is 1.96. The summed E-state index contributed by atoms with van der Waals surface area (Å²) in [7, 11) is 0. The normalized spacial score (nSPS) is 25.9. The fourth-order valence-corrected chi connectivity index (χ4v) is 1.96. The van der Waals surface area contributed by atoms with Crippen molar-refractivity contribution in [2.75, 3.05) is 0 Å². The Labute approximate surface area is 69.2 Å². The predicted molar refractivity (Wildman–Crippen MR) is 46.3 cm³/mol. The summed E-state index contributed by atoms with van der Waals surface area (Å²) in [6.07, 6.45) is 4.67. The fraction of sp³-hybridized carbons (Fsp3) is 1.00. The minimum absolute atomic E-state index is 0.172. The van der Waals surface area contributed by atoms with Crippen LogP contribution in [0.2, 0.25) is 0 Å². The van der Waals surface area contributed by atoms with E-state index in [-0.39, 0.29) is 5.92 Å². The second-order valence-electron chi connectivity index (χ2n) is 4.29. The van der Waals surface area contributed by atoms with E-state index in [0.29, 0.717) is 5.92 Å². The van der Waals surface area contributed by atoms with Crippen LogP contribution in [0.1, 0.15) is 46.5 Å². The van der Waals surface area contributed by atoms with Crippen LogP contribution in [0.25, 0.3) is 0 Å². The Balaban J connectivity index is 2.55. The van der Waals surface area contributed by atoms with Gasteiger partial charge in [-0.15, -0.1) is 0 Å². The molecule has 0 aromatic rings. The molecule has 66 valence electrons. The van der Waals surface area contributed by atoms with Gasteiger partial charge >= 0.3 is 0 Å². The molecule has 0 aromatic heterocycles. The molecular weight excluding hydrogens is 139 g/mol. The van der Waals surface area contributed by atoms with Crippen LogP contribution < -0.4 is 0 Å². The number of alkyl halides is 1. The Kier molecular flexibility index (Phi) is 2.56. The van der Waals surface area contributed by atoms with Crippen LogP contribution in [0.4, 0.5) is 4.39 Å². The average molecular weight is 158 g/mol. The van der Waals surface area contributed by atoms with Gasteiger partial charge in [-0.2, -0.15) is 0 Å². The van der Waals surface area contributed by atoms with Crippen LogP contribution in [0.3, 0.4) is 0 Å². The highest BCUT2D eigenvalue weighted by Gasteiger charge is 2.38. The Hall–Kier alpha value is -0.0700. The van der Waals surface area contributed by atoms with Gasteiger partial charge in [0.15, 0.2) is 0 Å². The van der Waals surface area contributed by atoms with Crippen LogP contribution in [-0.2, 0) is 0 Å². The Morgan fingerprint density at radius 1 is 1.27 bits per heavy atom. The smallest absolute Gasteiger partial charge is 0.113 e. The standard InChI is InChI=1S/C10H19F/c1-8(2)10(3,11)9-6-4-5-7-9/h8-9H,4-7H2,1-3H3. The third kappa shape index (κ3) is 1.74. The van der Waals surface area contributed by atoms with Gasteiger partial charge < -0.3 is 0 Å². The van der Waals surface area contributed by atoms with Gasteiger partial charge in [0.1, 0.15) is 5.67 Å². The lowest BCUT2D eigenvalue weighted by Crippen LogP contribution is -2.33. The Morgan fingerprint density at radius 2 is 1.73 bits per heavy atom. The van der Waals surface area contributed by atoms with E-state index >= 15 is 0 Å². The average Bonchev–Trinajstić information content (AvgIpc) is 2.37. The van der Waals surface area contributed by atoms with Crippen molar-refractivity contribution < 1.29 is 4.39 Å². The molecule has 1 rings (SSSR count). The van der Waals surface area contributed by atoms with Crippen LogP contribution in [0, 0.1) is 11.8 Å². The van der Waals surface area contributed by atoms with E-state index in [1.54, 1.807) is 6.92 Å². The second-order valence-corrected chi connectivity index (χ2v) is 4.29. The van der Waals surface area contributed by atoms with E-state index in [2.05, 4.69) is 0 Å². The first-order valence-electron chi connectivity index (χ1n) is 4.74. The van der Waals surface area contributed by atoms with Crippen LogP contribution in [0.5, 0.6) is 0 Å². The molecule has 0 N–H and O–H groups in total. The molecule has 1 aliphatic carbocycles. The summed E-state index contributed by atoms with van der Waals surface area (Å²) in [6, 6.07) is 0. The van der Waals surface area contributed by atoms with Crippen LogP contribution in [0.15, 0.2) is 0 Å². The highest BCUT2D eigenvalue weighted by atomic mass is 19.1. The van der Waals surface area contributed by atoms with E-state index in [1.165, 1.54) is 12.8 Å². The topological polar surface area (TPSA) is 0 Å². The van der Waals surface area contributed by atoms with E-state index < -0.39 is 5.67 Å². The van der Waals surface area contributed by atoms with Crippen LogP contribution >= 0.6 is 0 Å². The van der Waals surface area contributed by atoms with E-state index in [0.717, 1.165) is 12.8 Å². The maximum absolute atomic E-state index is 13.9. The van der Waals surface area contributed by atoms with Crippen molar-refractivity contribution in [3.8, 4) is 0 Å². The number of hydrogen-bond acceptors (Lipinski definition) is 0. The number of hydrogen-bond donors (Lipinski definition) is 0. The molecule has 0 heterocycles. The lowest BCUT2D eigenvalue weighted by Gasteiger charge is -2.31. The van der Waals surface area contributed by atoms with Gasteiger partial charge in [0.2, 0.25) is 0 Å². The molecule has 0 aromatic carbocycles. The van der Waals surface area contributed by atoms with Crippen molar-refractivity contribution in [2.24, 2.45) is 11.8 Å². The molecule has 1 heteroatoms. The minimum atomic E-state index is -0.920. The van der Waals surface area contributed by atoms with Crippen molar-refractivity contribution >= 4 is 0 Å². The lowest BCUT2D eigenvalue weighted by atomic mass is 9.81. The molecule has 1 atom stereocenters. The van der Waals surface area contributed by atoms with Gasteiger partial charge in [0, 0.05) is 0 Å². The molecule has 11 heavy (non-hydrogen) atoms. The zero-order chi connectivity index (χ0) is 8.48. The molecule has 0 bridgehead atoms. The summed E-state index contributed by atoms with van der Waals surface area (Å²) in [5.41, 5.74) is -0.920. The molecule has 1 fully saturated rings. The monoisotopic (exact) mass is 158 g/mol. The van der Waals surface area contributed by atoms with E-state index in [1.807, 2.05) is 13.8 Å². The summed E-state index contributed by atoms with van der Waals surface area (Å²) in [5, 5.41) is 0. The first kappa shape index (κ1) is 9.02. The van der Waals surface area contributed by atoms with Gasteiger partial charge in [0.25, 0.3) is 0 Å². The van der Waals surface area contributed by atoms with Crippen molar-refractivity contribution in [2.45, 2.75) is 52.1 Å². The summed E-state index contributed by atoms with van der Waals surface area (Å²) in [5.74, 6) is 0.507. The quantitative estimate of drug-likeness (QED) is 0.576. The van der Waals surface area contributed by atoms with E-state index in [9.17, 15) is 4.39 Å². The Morgan fingerprint density at radius 3 is 2.09 bits per heavy atom. The van der Waals surface area contributed by atoms with Crippen LogP contribution in [-0.4, -0.2) is 5.67 Å². The number of rotatable bonds is 2. The molecular formula is C10H19F. The molecule has 1 unspecified atom stereocenters. The van der Waals surface area contributed by atoms with Gasteiger partial charge in [0.05, 0.1) is 0 Å². The molecule has 0 amide bonds. The Bertz CT molecular complexity index is 121. The maximum atomic E-state index is 13.9. The molecule has 0 nitrogen and oxygen atoms in total. The number of halogens is 1.